The summed E-state index contributed by atoms with van der Waals surface area (Å²) in [5.74, 6) is 0.265. The number of nitrogens with zero attached hydrogens (tertiary/aromatic N) is 1. The van der Waals surface area contributed by atoms with E-state index in [0.717, 1.165) is 23.4 Å². The van der Waals surface area contributed by atoms with Gasteiger partial charge in [0.1, 0.15) is 0 Å². The molecule has 1 aliphatic rings. The molecule has 2 rings (SSSR count). The normalized spacial score (nSPS) is 14.7. The number of benzene rings is 1. The van der Waals surface area contributed by atoms with Crippen molar-refractivity contribution in [3.05, 3.63) is 29.8 Å². The van der Waals surface area contributed by atoms with Crippen LogP contribution in [0.3, 0.4) is 0 Å². The highest BCUT2D eigenvalue weighted by atomic mass is 32.1. The number of hydrogen-bond acceptors (Lipinski definition) is 2. The van der Waals surface area contributed by atoms with Gasteiger partial charge in [0.2, 0.25) is 5.91 Å². The lowest BCUT2D eigenvalue weighted by Gasteiger charge is -2.21. The summed E-state index contributed by atoms with van der Waals surface area (Å²) < 4.78 is 0. The smallest absolute Gasteiger partial charge is 0.227 e. The van der Waals surface area contributed by atoms with Gasteiger partial charge < -0.3 is 4.90 Å². The van der Waals surface area contributed by atoms with Crippen molar-refractivity contribution in [1.82, 2.24) is 4.90 Å². The van der Waals surface area contributed by atoms with Gasteiger partial charge in [-0.2, -0.15) is 0 Å². The Morgan fingerprint density at radius 3 is 2.53 bits per heavy atom. The maximum absolute atomic E-state index is 12.2. The predicted octanol–water partition coefficient (Wildman–Crippen LogP) is 2.92. The van der Waals surface area contributed by atoms with Gasteiger partial charge in [-0.05, 0) is 37.0 Å². The first kappa shape index (κ1) is 12.5. The first-order valence-electron chi connectivity index (χ1n) is 6.28. The van der Waals surface area contributed by atoms with Crippen LogP contribution in [0.4, 0.5) is 0 Å². The molecule has 0 spiro atoms. The summed E-state index contributed by atoms with van der Waals surface area (Å²) in [6, 6.07) is 8.36. The highest BCUT2D eigenvalue weighted by Crippen LogP contribution is 2.27. The topological polar surface area (TPSA) is 20.3 Å². The van der Waals surface area contributed by atoms with Crippen LogP contribution in [0.15, 0.2) is 29.2 Å². The lowest BCUT2D eigenvalue weighted by atomic mass is 10.1. The zero-order valence-corrected chi connectivity index (χ0v) is 11.1. The Kier molecular flexibility index (Phi) is 4.11. The third-order valence-electron chi connectivity index (χ3n) is 3.06. The molecule has 92 valence electrons. The number of carbonyl (C=O) groups excluding carboxylic acids is 1. The summed E-state index contributed by atoms with van der Waals surface area (Å²) in [6.07, 6.45) is 3.92. The van der Waals surface area contributed by atoms with Gasteiger partial charge in [0, 0.05) is 17.5 Å². The molecule has 0 radical (unpaired) electrons. The fourth-order valence-corrected chi connectivity index (χ4v) is 2.18. The SMILES string of the molecule is CCCN(C(=O)Cc1ccc(S)cc1)C1CC1. The van der Waals surface area contributed by atoms with Crippen LogP contribution in [0.2, 0.25) is 0 Å². The molecule has 1 aromatic carbocycles. The molecule has 1 fully saturated rings. The molecule has 1 aliphatic carbocycles. The van der Waals surface area contributed by atoms with E-state index in [4.69, 9.17) is 0 Å². The molecule has 0 saturated heterocycles. The predicted molar refractivity (Wildman–Crippen MR) is 72.4 cm³/mol. The Balaban J connectivity index is 1.96. The summed E-state index contributed by atoms with van der Waals surface area (Å²) in [6.45, 7) is 3.02. The van der Waals surface area contributed by atoms with Gasteiger partial charge >= 0.3 is 0 Å². The van der Waals surface area contributed by atoms with Crippen molar-refractivity contribution >= 4 is 18.5 Å². The fourth-order valence-electron chi connectivity index (χ4n) is 2.03. The van der Waals surface area contributed by atoms with Crippen molar-refractivity contribution in [3.8, 4) is 0 Å². The van der Waals surface area contributed by atoms with Crippen molar-refractivity contribution in [2.45, 2.75) is 43.5 Å². The average molecular weight is 249 g/mol. The summed E-state index contributed by atoms with van der Waals surface area (Å²) in [4.78, 5) is 15.2. The van der Waals surface area contributed by atoms with Gasteiger partial charge in [0.25, 0.3) is 0 Å². The summed E-state index contributed by atoms with van der Waals surface area (Å²) in [7, 11) is 0. The van der Waals surface area contributed by atoms with Gasteiger partial charge in [-0.15, -0.1) is 12.6 Å². The van der Waals surface area contributed by atoms with Gasteiger partial charge in [-0.25, -0.2) is 0 Å². The zero-order chi connectivity index (χ0) is 12.3. The summed E-state index contributed by atoms with van der Waals surface area (Å²) in [5, 5.41) is 0. The van der Waals surface area contributed by atoms with Gasteiger partial charge in [-0.1, -0.05) is 19.1 Å². The first-order valence-corrected chi connectivity index (χ1v) is 6.73. The van der Waals surface area contributed by atoms with E-state index in [1.165, 1.54) is 12.8 Å². The van der Waals surface area contributed by atoms with E-state index in [1.807, 2.05) is 24.3 Å². The molecule has 0 unspecified atom stereocenters. The number of carbonyl (C=O) groups is 1. The number of hydrogen-bond donors (Lipinski definition) is 1. The number of thiol groups is 1. The lowest BCUT2D eigenvalue weighted by molar-refractivity contribution is -0.131. The van der Waals surface area contributed by atoms with Crippen molar-refractivity contribution in [3.63, 3.8) is 0 Å². The average Bonchev–Trinajstić information content (AvgIpc) is 3.13. The molecular weight excluding hydrogens is 230 g/mol. The van der Waals surface area contributed by atoms with Crippen molar-refractivity contribution in [2.24, 2.45) is 0 Å². The Bertz CT molecular complexity index is 384. The van der Waals surface area contributed by atoms with Gasteiger partial charge in [0.15, 0.2) is 0 Å². The fraction of sp³-hybridized carbons (Fsp3) is 0.500. The molecule has 17 heavy (non-hydrogen) atoms. The Hall–Kier alpha value is -0.960. The van der Waals surface area contributed by atoms with E-state index >= 15 is 0 Å². The Morgan fingerprint density at radius 1 is 1.35 bits per heavy atom. The van der Waals surface area contributed by atoms with E-state index in [2.05, 4.69) is 24.5 Å². The quantitative estimate of drug-likeness (QED) is 0.796. The molecular formula is C14H19NOS. The molecule has 0 aromatic heterocycles. The van der Waals surface area contributed by atoms with Crippen LogP contribution >= 0.6 is 12.6 Å². The minimum atomic E-state index is 0.265. The highest BCUT2D eigenvalue weighted by Gasteiger charge is 2.31. The summed E-state index contributed by atoms with van der Waals surface area (Å²) in [5.41, 5.74) is 1.08. The van der Waals surface area contributed by atoms with Crippen LogP contribution in [-0.4, -0.2) is 23.4 Å². The second kappa shape index (κ2) is 5.58. The van der Waals surface area contributed by atoms with E-state index < -0.39 is 0 Å². The third kappa shape index (κ3) is 3.50. The van der Waals surface area contributed by atoms with Gasteiger partial charge in [0.05, 0.1) is 6.42 Å². The van der Waals surface area contributed by atoms with Crippen LogP contribution in [0, 0.1) is 0 Å². The van der Waals surface area contributed by atoms with Crippen LogP contribution < -0.4 is 0 Å². The number of rotatable bonds is 5. The van der Waals surface area contributed by atoms with Crippen LogP contribution in [-0.2, 0) is 11.2 Å². The monoisotopic (exact) mass is 249 g/mol. The molecule has 0 N–H and O–H groups in total. The van der Waals surface area contributed by atoms with E-state index in [1.54, 1.807) is 0 Å². The van der Waals surface area contributed by atoms with Crippen LogP contribution in [0.5, 0.6) is 0 Å². The highest BCUT2D eigenvalue weighted by molar-refractivity contribution is 7.80. The second-order valence-electron chi connectivity index (χ2n) is 4.66. The molecule has 0 bridgehead atoms. The van der Waals surface area contributed by atoms with E-state index in [9.17, 15) is 4.79 Å². The molecule has 2 nitrogen and oxygen atoms in total. The zero-order valence-electron chi connectivity index (χ0n) is 10.2. The van der Waals surface area contributed by atoms with Gasteiger partial charge in [-0.3, -0.25) is 4.79 Å². The molecule has 3 heteroatoms. The van der Waals surface area contributed by atoms with Crippen molar-refractivity contribution in [2.75, 3.05) is 6.54 Å². The van der Waals surface area contributed by atoms with Crippen molar-refractivity contribution < 1.29 is 4.79 Å². The maximum atomic E-state index is 12.2. The second-order valence-corrected chi connectivity index (χ2v) is 5.18. The van der Waals surface area contributed by atoms with E-state index in [0.29, 0.717) is 12.5 Å². The summed E-state index contributed by atoms with van der Waals surface area (Å²) >= 11 is 4.24. The van der Waals surface area contributed by atoms with Crippen LogP contribution in [0.1, 0.15) is 31.7 Å². The molecule has 0 heterocycles. The lowest BCUT2D eigenvalue weighted by Crippen LogP contribution is -2.34. The third-order valence-corrected chi connectivity index (χ3v) is 3.36. The first-order chi connectivity index (χ1) is 8.20. The molecule has 0 aliphatic heterocycles. The largest absolute Gasteiger partial charge is 0.339 e. The van der Waals surface area contributed by atoms with Crippen molar-refractivity contribution in [1.29, 1.82) is 0 Å². The maximum Gasteiger partial charge on any atom is 0.227 e. The number of amides is 1. The molecule has 1 aromatic rings. The van der Waals surface area contributed by atoms with Crippen LogP contribution in [0.25, 0.3) is 0 Å². The standard InChI is InChI=1S/C14H19NOS/c1-2-9-15(12-5-6-12)14(16)10-11-3-7-13(17)8-4-11/h3-4,7-8,12,17H,2,5-6,9-10H2,1H3. The minimum absolute atomic E-state index is 0.265. The molecule has 1 amide bonds. The Labute approximate surface area is 108 Å². The molecule has 1 saturated carbocycles. The Morgan fingerprint density at radius 2 is 2.00 bits per heavy atom. The van der Waals surface area contributed by atoms with E-state index in [-0.39, 0.29) is 5.91 Å². The molecule has 0 atom stereocenters. The minimum Gasteiger partial charge on any atom is -0.339 e.